The summed E-state index contributed by atoms with van der Waals surface area (Å²) in [4.78, 5) is 28.1. The van der Waals surface area contributed by atoms with E-state index in [1.807, 2.05) is 6.07 Å². The van der Waals surface area contributed by atoms with Gasteiger partial charge >= 0.3 is 0 Å². The molecule has 0 fully saturated rings. The van der Waals surface area contributed by atoms with Crippen molar-refractivity contribution in [2.24, 2.45) is 0 Å². The van der Waals surface area contributed by atoms with Gasteiger partial charge in [-0.25, -0.2) is 5.48 Å². The quantitative estimate of drug-likeness (QED) is 0.755. The van der Waals surface area contributed by atoms with E-state index >= 15 is 0 Å². The summed E-state index contributed by atoms with van der Waals surface area (Å²) < 4.78 is 0. The molecular weight excluding hydrogens is 228 g/mol. The fraction of sp³-hybridized carbons (Fsp3) is 0.200. The summed E-state index contributed by atoms with van der Waals surface area (Å²) in [5.41, 5.74) is 3.34. The lowest BCUT2D eigenvalue weighted by atomic mass is 10.2. The summed E-state index contributed by atoms with van der Waals surface area (Å²) in [6.07, 6.45) is 0. The van der Waals surface area contributed by atoms with Gasteiger partial charge in [-0.1, -0.05) is 0 Å². The third-order valence-electron chi connectivity index (χ3n) is 2.07. The number of nitrogens with one attached hydrogen (secondary N) is 2. The molecule has 0 unspecified atom stereocenters. The van der Waals surface area contributed by atoms with E-state index in [9.17, 15) is 9.59 Å². The second kappa shape index (κ2) is 4.54. The molecule has 16 heavy (non-hydrogen) atoms. The van der Waals surface area contributed by atoms with Gasteiger partial charge in [0, 0.05) is 10.5 Å². The molecule has 1 aromatic carbocycles. The van der Waals surface area contributed by atoms with Crippen LogP contribution >= 0.6 is 11.8 Å². The van der Waals surface area contributed by atoms with Crippen LogP contribution in [0.25, 0.3) is 0 Å². The minimum Gasteiger partial charge on any atom is -0.324 e. The minimum absolute atomic E-state index is 0.0539. The fourth-order valence-corrected chi connectivity index (χ4v) is 2.16. The van der Waals surface area contributed by atoms with Crippen LogP contribution in [0.2, 0.25) is 0 Å². The van der Waals surface area contributed by atoms with E-state index in [4.69, 9.17) is 0 Å². The molecule has 5 nitrogen and oxygen atoms in total. The molecule has 0 saturated heterocycles. The Balaban J connectivity index is 2.27. The molecule has 1 aromatic rings. The van der Waals surface area contributed by atoms with Crippen molar-refractivity contribution in [2.75, 3.05) is 18.2 Å². The van der Waals surface area contributed by atoms with Crippen LogP contribution < -0.4 is 10.8 Å². The molecule has 2 N–H and O–H groups in total. The molecule has 1 aliphatic rings. The number of thioether (sulfide) groups is 1. The lowest BCUT2D eigenvalue weighted by Crippen LogP contribution is -2.23. The number of hydrogen-bond acceptors (Lipinski definition) is 4. The topological polar surface area (TPSA) is 67.4 Å². The van der Waals surface area contributed by atoms with Gasteiger partial charge in [0.2, 0.25) is 5.91 Å². The average molecular weight is 238 g/mol. The number of anilines is 1. The van der Waals surface area contributed by atoms with E-state index in [0.29, 0.717) is 17.0 Å². The van der Waals surface area contributed by atoms with Crippen molar-refractivity contribution in [3.63, 3.8) is 0 Å². The highest BCUT2D eigenvalue weighted by atomic mass is 32.2. The zero-order valence-electron chi connectivity index (χ0n) is 8.57. The van der Waals surface area contributed by atoms with Crippen LogP contribution in [-0.4, -0.2) is 24.7 Å². The van der Waals surface area contributed by atoms with Crippen LogP contribution in [0.4, 0.5) is 5.69 Å². The van der Waals surface area contributed by atoms with Gasteiger partial charge < -0.3 is 5.32 Å². The van der Waals surface area contributed by atoms with Crippen LogP contribution in [0.15, 0.2) is 23.1 Å². The molecule has 1 heterocycles. The second-order valence-electron chi connectivity index (χ2n) is 3.18. The summed E-state index contributed by atoms with van der Waals surface area (Å²) in [5, 5.41) is 2.72. The van der Waals surface area contributed by atoms with Gasteiger partial charge in [0.25, 0.3) is 5.91 Å². The monoisotopic (exact) mass is 238 g/mol. The van der Waals surface area contributed by atoms with Crippen molar-refractivity contribution in [1.29, 1.82) is 0 Å². The lowest BCUT2D eigenvalue weighted by Gasteiger charge is -2.16. The highest BCUT2D eigenvalue weighted by molar-refractivity contribution is 8.00. The van der Waals surface area contributed by atoms with Gasteiger partial charge in [-0.3, -0.25) is 14.4 Å². The Bertz CT molecular complexity index is 448. The van der Waals surface area contributed by atoms with Crippen LogP contribution in [-0.2, 0) is 9.63 Å². The van der Waals surface area contributed by atoms with Crippen molar-refractivity contribution in [2.45, 2.75) is 4.90 Å². The standard InChI is InChI=1S/C10H10N2O3S/c1-15-12-10(14)6-2-3-8-7(4-6)11-9(13)5-16-8/h2-4H,5H2,1H3,(H,11,13)(H,12,14). The molecule has 2 rings (SSSR count). The molecule has 0 aliphatic carbocycles. The normalized spacial score (nSPS) is 13.9. The molecule has 0 radical (unpaired) electrons. The van der Waals surface area contributed by atoms with Gasteiger partial charge in [-0.15, -0.1) is 11.8 Å². The molecule has 0 bridgehead atoms. The summed E-state index contributed by atoms with van der Waals surface area (Å²) in [6, 6.07) is 5.13. The van der Waals surface area contributed by atoms with Crippen molar-refractivity contribution < 1.29 is 14.4 Å². The number of hydroxylamine groups is 1. The molecule has 2 amide bonds. The smallest absolute Gasteiger partial charge is 0.274 e. The van der Waals surface area contributed by atoms with Crippen molar-refractivity contribution in [3.8, 4) is 0 Å². The summed E-state index contributed by atoms with van der Waals surface area (Å²) in [5.74, 6) is 0.0216. The number of rotatable bonds is 2. The molecule has 0 spiro atoms. The largest absolute Gasteiger partial charge is 0.324 e. The first kappa shape index (κ1) is 11.0. The van der Waals surface area contributed by atoms with E-state index in [2.05, 4.69) is 15.6 Å². The van der Waals surface area contributed by atoms with Crippen LogP contribution in [0.1, 0.15) is 10.4 Å². The predicted molar refractivity (Wildman–Crippen MR) is 60.3 cm³/mol. The van der Waals surface area contributed by atoms with Crippen molar-refractivity contribution in [3.05, 3.63) is 23.8 Å². The van der Waals surface area contributed by atoms with Crippen molar-refractivity contribution >= 4 is 29.3 Å². The molecule has 84 valence electrons. The molecule has 0 atom stereocenters. The molecule has 6 heteroatoms. The summed E-state index contributed by atoms with van der Waals surface area (Å²) >= 11 is 1.46. The SMILES string of the molecule is CONC(=O)c1ccc2c(c1)NC(=O)CS2. The Hall–Kier alpha value is -1.53. The first-order valence-corrected chi connectivity index (χ1v) is 5.59. The van der Waals surface area contributed by atoms with E-state index in [1.54, 1.807) is 12.1 Å². The average Bonchev–Trinajstić information content (AvgIpc) is 2.28. The van der Waals surface area contributed by atoms with E-state index in [0.717, 1.165) is 4.90 Å². The van der Waals surface area contributed by atoms with Gasteiger partial charge in [0.15, 0.2) is 0 Å². The Labute approximate surface area is 96.5 Å². The number of fused-ring (bicyclic) bond motifs is 1. The maximum atomic E-state index is 11.5. The van der Waals surface area contributed by atoms with E-state index < -0.39 is 0 Å². The first-order chi connectivity index (χ1) is 7.70. The maximum Gasteiger partial charge on any atom is 0.274 e. The molecule has 0 aromatic heterocycles. The number of amides is 2. The Kier molecular flexibility index (Phi) is 3.12. The third kappa shape index (κ3) is 2.17. The Morgan fingerprint density at radius 2 is 2.38 bits per heavy atom. The first-order valence-electron chi connectivity index (χ1n) is 4.61. The fourth-order valence-electron chi connectivity index (χ4n) is 1.38. The minimum atomic E-state index is -0.338. The summed E-state index contributed by atoms with van der Waals surface area (Å²) in [6.45, 7) is 0. The van der Waals surface area contributed by atoms with Crippen LogP contribution in [0.3, 0.4) is 0 Å². The van der Waals surface area contributed by atoms with E-state index in [1.165, 1.54) is 18.9 Å². The van der Waals surface area contributed by atoms with Crippen LogP contribution in [0.5, 0.6) is 0 Å². The molecule has 0 saturated carbocycles. The Morgan fingerprint density at radius 1 is 1.56 bits per heavy atom. The molecular formula is C10H10N2O3S. The third-order valence-corrected chi connectivity index (χ3v) is 3.14. The maximum absolute atomic E-state index is 11.5. The van der Waals surface area contributed by atoms with Gasteiger partial charge in [-0.2, -0.15) is 0 Å². The van der Waals surface area contributed by atoms with E-state index in [-0.39, 0.29) is 11.8 Å². The second-order valence-corrected chi connectivity index (χ2v) is 4.20. The highest BCUT2D eigenvalue weighted by Gasteiger charge is 2.17. The van der Waals surface area contributed by atoms with Gasteiger partial charge in [0.05, 0.1) is 18.6 Å². The lowest BCUT2D eigenvalue weighted by molar-refractivity contribution is -0.113. The highest BCUT2D eigenvalue weighted by Crippen LogP contribution is 2.31. The zero-order valence-corrected chi connectivity index (χ0v) is 9.39. The van der Waals surface area contributed by atoms with Gasteiger partial charge in [-0.05, 0) is 18.2 Å². The number of carbonyl (C=O) groups is 2. The Morgan fingerprint density at radius 3 is 3.12 bits per heavy atom. The number of hydrogen-bond donors (Lipinski definition) is 2. The van der Waals surface area contributed by atoms with Crippen LogP contribution in [0, 0.1) is 0 Å². The number of carbonyl (C=O) groups excluding carboxylic acids is 2. The van der Waals surface area contributed by atoms with Gasteiger partial charge in [0.1, 0.15) is 0 Å². The summed E-state index contributed by atoms with van der Waals surface area (Å²) in [7, 11) is 1.37. The predicted octanol–water partition coefficient (Wildman–Crippen LogP) is 1.02. The zero-order chi connectivity index (χ0) is 11.5. The van der Waals surface area contributed by atoms with Crippen molar-refractivity contribution in [1.82, 2.24) is 5.48 Å². The number of benzene rings is 1. The molecule has 1 aliphatic heterocycles.